The van der Waals surface area contributed by atoms with Gasteiger partial charge in [0.25, 0.3) is 0 Å². The standard InChI is InChI=1S/C21H29N3/c1-7-9-13-21(17(3)23-5)24(6)16-20-18(8-2)11-10-12-19(20)14-15-22-4/h7-8,10-12,21-23H,1-3,9,13,16H2,4-6H3. The second-order valence-electron chi connectivity index (χ2n) is 5.65. The van der Waals surface area contributed by atoms with Gasteiger partial charge in [-0.25, -0.2) is 0 Å². The highest BCUT2D eigenvalue weighted by atomic mass is 15.1. The Morgan fingerprint density at radius 2 is 2.08 bits per heavy atom. The lowest BCUT2D eigenvalue weighted by atomic mass is 9.99. The first-order chi connectivity index (χ1) is 11.6. The van der Waals surface area contributed by atoms with E-state index in [4.69, 9.17) is 0 Å². The lowest BCUT2D eigenvalue weighted by Crippen LogP contribution is -2.36. The van der Waals surface area contributed by atoms with Crippen molar-refractivity contribution < 1.29 is 0 Å². The second kappa shape index (κ2) is 10.4. The number of benzene rings is 1. The molecule has 0 spiro atoms. The molecule has 0 aromatic heterocycles. The largest absolute Gasteiger partial charge is 0.391 e. The number of hydrogen-bond acceptors (Lipinski definition) is 3. The fraction of sp³-hybridized carbons (Fsp3) is 0.333. The van der Waals surface area contributed by atoms with Gasteiger partial charge in [0.2, 0.25) is 0 Å². The van der Waals surface area contributed by atoms with Crippen LogP contribution in [0, 0.1) is 12.0 Å². The van der Waals surface area contributed by atoms with E-state index in [1.165, 1.54) is 5.56 Å². The van der Waals surface area contributed by atoms with Crippen LogP contribution in [0.5, 0.6) is 0 Å². The third-order valence-corrected chi connectivity index (χ3v) is 4.06. The van der Waals surface area contributed by atoms with Crippen LogP contribution in [0.4, 0.5) is 0 Å². The normalized spacial score (nSPS) is 11.2. The van der Waals surface area contributed by atoms with Crippen molar-refractivity contribution in [3.63, 3.8) is 0 Å². The molecular formula is C21H29N3. The van der Waals surface area contributed by atoms with E-state index in [1.54, 1.807) is 0 Å². The van der Waals surface area contributed by atoms with Crippen molar-refractivity contribution >= 4 is 6.08 Å². The molecule has 128 valence electrons. The molecule has 0 aliphatic rings. The second-order valence-corrected chi connectivity index (χ2v) is 5.65. The van der Waals surface area contributed by atoms with E-state index in [0.29, 0.717) is 0 Å². The fourth-order valence-corrected chi connectivity index (χ4v) is 2.68. The predicted molar refractivity (Wildman–Crippen MR) is 105 cm³/mol. The minimum absolute atomic E-state index is 0.232. The third kappa shape index (κ3) is 5.33. The van der Waals surface area contributed by atoms with E-state index in [1.807, 2.05) is 38.4 Å². The molecular weight excluding hydrogens is 294 g/mol. The number of nitrogens with one attached hydrogen (secondary N) is 2. The Morgan fingerprint density at radius 3 is 2.67 bits per heavy atom. The molecule has 0 saturated heterocycles. The maximum Gasteiger partial charge on any atom is 0.0492 e. The molecule has 2 N–H and O–H groups in total. The molecule has 1 aromatic rings. The molecule has 0 fully saturated rings. The Kier molecular flexibility index (Phi) is 8.46. The van der Waals surface area contributed by atoms with Crippen LogP contribution in [0.15, 0.2) is 49.7 Å². The van der Waals surface area contributed by atoms with E-state index in [2.05, 4.69) is 60.3 Å². The van der Waals surface area contributed by atoms with Gasteiger partial charge >= 0.3 is 0 Å². The topological polar surface area (TPSA) is 27.3 Å². The summed E-state index contributed by atoms with van der Waals surface area (Å²) in [5.74, 6) is 3.18. The van der Waals surface area contributed by atoms with Crippen molar-refractivity contribution in [3.8, 4) is 12.0 Å². The van der Waals surface area contributed by atoms with Crippen molar-refractivity contribution in [2.45, 2.75) is 25.4 Å². The summed E-state index contributed by atoms with van der Waals surface area (Å²) in [5.41, 5.74) is 4.33. The monoisotopic (exact) mass is 323 g/mol. The van der Waals surface area contributed by atoms with Crippen LogP contribution in [0.25, 0.3) is 6.08 Å². The predicted octanol–water partition coefficient (Wildman–Crippen LogP) is 3.36. The molecule has 24 heavy (non-hydrogen) atoms. The minimum Gasteiger partial charge on any atom is -0.391 e. The zero-order chi connectivity index (χ0) is 17.9. The molecule has 0 heterocycles. The summed E-state index contributed by atoms with van der Waals surface area (Å²) in [7, 11) is 5.85. The average Bonchev–Trinajstić information content (AvgIpc) is 2.60. The van der Waals surface area contributed by atoms with Gasteiger partial charge in [-0.1, -0.05) is 37.4 Å². The molecule has 3 heteroatoms. The molecule has 0 saturated carbocycles. The number of hydrogen-bond donors (Lipinski definition) is 2. The van der Waals surface area contributed by atoms with Crippen molar-refractivity contribution in [2.75, 3.05) is 21.1 Å². The highest BCUT2D eigenvalue weighted by Crippen LogP contribution is 2.21. The SMILES string of the molecule is C=CCCC(C(=C)NC)N(C)Cc1c(C#CNC)cccc1C=C. The Hall–Kier alpha value is -2.44. The van der Waals surface area contributed by atoms with Gasteiger partial charge in [0.1, 0.15) is 0 Å². The van der Waals surface area contributed by atoms with E-state index < -0.39 is 0 Å². The van der Waals surface area contributed by atoms with Gasteiger partial charge in [0.05, 0.1) is 0 Å². The molecule has 0 aliphatic heterocycles. The van der Waals surface area contributed by atoms with Gasteiger partial charge in [-0.2, -0.15) is 0 Å². The summed E-state index contributed by atoms with van der Waals surface area (Å²) < 4.78 is 0. The Labute approximate surface area is 147 Å². The molecule has 0 radical (unpaired) electrons. The van der Waals surface area contributed by atoms with Crippen LogP contribution < -0.4 is 10.6 Å². The van der Waals surface area contributed by atoms with Gasteiger partial charge in [0.15, 0.2) is 0 Å². The van der Waals surface area contributed by atoms with Crippen LogP contribution >= 0.6 is 0 Å². The summed E-state index contributed by atoms with van der Waals surface area (Å²) in [5, 5.41) is 6.07. The van der Waals surface area contributed by atoms with Crippen molar-refractivity contribution in [1.29, 1.82) is 0 Å². The van der Waals surface area contributed by atoms with Crippen molar-refractivity contribution in [3.05, 3.63) is 66.4 Å². The highest BCUT2D eigenvalue weighted by Gasteiger charge is 2.19. The van der Waals surface area contributed by atoms with E-state index in [-0.39, 0.29) is 6.04 Å². The first-order valence-electron chi connectivity index (χ1n) is 8.18. The lowest BCUT2D eigenvalue weighted by molar-refractivity contribution is 0.246. The zero-order valence-corrected chi connectivity index (χ0v) is 15.2. The summed E-state index contributed by atoms with van der Waals surface area (Å²) >= 11 is 0. The molecule has 0 bridgehead atoms. The van der Waals surface area contributed by atoms with E-state index in [0.717, 1.165) is 36.2 Å². The van der Waals surface area contributed by atoms with Gasteiger partial charge in [0, 0.05) is 44.0 Å². The molecule has 0 aliphatic carbocycles. The summed E-state index contributed by atoms with van der Waals surface area (Å²) in [6.07, 6.45) is 5.77. The molecule has 1 rings (SSSR count). The quantitative estimate of drug-likeness (QED) is 0.414. The zero-order valence-electron chi connectivity index (χ0n) is 15.2. The van der Waals surface area contributed by atoms with Gasteiger partial charge in [-0.05, 0) is 43.0 Å². The number of likely N-dealkylation sites (N-methyl/N-ethyl adjacent to an activating group) is 2. The van der Waals surface area contributed by atoms with Crippen LogP contribution in [0.1, 0.15) is 29.5 Å². The van der Waals surface area contributed by atoms with Crippen molar-refractivity contribution in [2.24, 2.45) is 0 Å². The van der Waals surface area contributed by atoms with Crippen LogP contribution in [0.3, 0.4) is 0 Å². The van der Waals surface area contributed by atoms with Crippen molar-refractivity contribution in [1.82, 2.24) is 15.5 Å². The first kappa shape index (κ1) is 19.6. The molecule has 1 unspecified atom stereocenters. The van der Waals surface area contributed by atoms with E-state index in [9.17, 15) is 0 Å². The van der Waals surface area contributed by atoms with E-state index >= 15 is 0 Å². The van der Waals surface area contributed by atoms with Gasteiger partial charge < -0.3 is 10.6 Å². The number of allylic oxidation sites excluding steroid dienone is 1. The molecule has 1 atom stereocenters. The molecule has 0 amide bonds. The molecule has 1 aromatic carbocycles. The number of nitrogens with zero attached hydrogens (tertiary/aromatic N) is 1. The van der Waals surface area contributed by atoms with Gasteiger partial charge in [-0.15, -0.1) is 6.58 Å². The van der Waals surface area contributed by atoms with Crippen LogP contribution in [-0.4, -0.2) is 32.1 Å². The summed E-state index contributed by atoms with van der Waals surface area (Å²) in [4.78, 5) is 2.30. The maximum absolute atomic E-state index is 4.16. The third-order valence-electron chi connectivity index (χ3n) is 4.06. The Balaban J connectivity index is 3.13. The average molecular weight is 323 g/mol. The van der Waals surface area contributed by atoms with Crippen LogP contribution in [0.2, 0.25) is 0 Å². The molecule has 3 nitrogen and oxygen atoms in total. The summed E-state index contributed by atoms with van der Waals surface area (Å²) in [6, 6.07) is 9.30. The number of rotatable bonds is 9. The Morgan fingerprint density at radius 1 is 1.33 bits per heavy atom. The fourth-order valence-electron chi connectivity index (χ4n) is 2.68. The lowest BCUT2D eigenvalue weighted by Gasteiger charge is -2.30. The summed E-state index contributed by atoms with van der Waals surface area (Å²) in [6.45, 7) is 12.7. The Bertz CT molecular complexity index is 634. The van der Waals surface area contributed by atoms with Gasteiger partial charge in [-0.3, -0.25) is 4.90 Å². The maximum atomic E-state index is 4.16. The minimum atomic E-state index is 0.232. The first-order valence-corrected chi connectivity index (χ1v) is 8.18. The van der Waals surface area contributed by atoms with Crippen LogP contribution in [-0.2, 0) is 6.54 Å². The smallest absolute Gasteiger partial charge is 0.0492 e. The highest BCUT2D eigenvalue weighted by molar-refractivity contribution is 5.58.